The van der Waals surface area contributed by atoms with E-state index in [1.165, 1.54) is 24.5 Å². The topological polar surface area (TPSA) is 37.3 Å². The first kappa shape index (κ1) is 15.7. The summed E-state index contributed by atoms with van der Waals surface area (Å²) in [6.45, 7) is 0. The lowest BCUT2D eigenvalue weighted by atomic mass is 9.87. The van der Waals surface area contributed by atoms with Crippen molar-refractivity contribution in [3.63, 3.8) is 0 Å². The highest BCUT2D eigenvalue weighted by atomic mass is 32.2. The van der Waals surface area contributed by atoms with Gasteiger partial charge in [0, 0.05) is 23.1 Å². The molecule has 0 radical (unpaired) electrons. The molecule has 0 spiro atoms. The van der Waals surface area contributed by atoms with Crippen LogP contribution < -0.4 is 0 Å². The summed E-state index contributed by atoms with van der Waals surface area (Å²) >= 11 is 1.09. The van der Waals surface area contributed by atoms with Gasteiger partial charge in [-0.1, -0.05) is 12.1 Å². The van der Waals surface area contributed by atoms with Crippen LogP contribution in [0.5, 0.6) is 0 Å². The number of rotatable bonds is 2. The van der Waals surface area contributed by atoms with Crippen LogP contribution >= 0.6 is 11.3 Å². The van der Waals surface area contributed by atoms with Gasteiger partial charge in [-0.25, -0.2) is 13.2 Å². The monoisotopic (exact) mass is 346 g/mol. The number of thiophene rings is 1. The van der Waals surface area contributed by atoms with Crippen LogP contribution in [0.4, 0.5) is 13.2 Å². The van der Waals surface area contributed by atoms with Crippen LogP contribution in [0.2, 0.25) is 0 Å². The smallest absolute Gasteiger partial charge is 0.277 e. The third kappa shape index (κ3) is 2.51. The highest BCUT2D eigenvalue weighted by Crippen LogP contribution is 2.50. The van der Waals surface area contributed by atoms with Gasteiger partial charge in [0.2, 0.25) is 0 Å². The zero-order valence-corrected chi connectivity index (χ0v) is 13.2. The molecule has 1 aliphatic carbocycles. The number of aliphatic hydroxyl groups excluding tert-OH is 1. The van der Waals surface area contributed by atoms with Gasteiger partial charge in [0.15, 0.2) is 0 Å². The van der Waals surface area contributed by atoms with E-state index in [0.717, 1.165) is 11.3 Å². The Labute approximate surface area is 132 Å². The minimum Gasteiger partial charge on any atom is -0.382 e. The quantitative estimate of drug-likeness (QED) is 0.895. The van der Waals surface area contributed by atoms with Crippen LogP contribution in [0.3, 0.4) is 0 Å². The van der Waals surface area contributed by atoms with E-state index in [1.807, 2.05) is 0 Å². The van der Waals surface area contributed by atoms with Crippen LogP contribution in [0, 0.1) is 5.82 Å². The van der Waals surface area contributed by atoms with Crippen molar-refractivity contribution in [3.8, 4) is 10.4 Å². The standard InChI is InChI=1S/C15H13F3O2S2/c1-22(20)14-11-10(5-6-15(17,18)13(11)19)12(21-14)8-3-2-4-9(16)7-8/h2-4,7,13,19H,5-6H2,1H3. The Morgan fingerprint density at radius 3 is 2.77 bits per heavy atom. The van der Waals surface area contributed by atoms with Crippen LogP contribution in [-0.2, 0) is 17.2 Å². The molecular formula is C15H13F3O2S2. The summed E-state index contributed by atoms with van der Waals surface area (Å²) < 4.78 is 53.1. The fraction of sp³-hybridized carbons (Fsp3) is 0.333. The molecule has 2 nitrogen and oxygen atoms in total. The molecule has 1 aromatic heterocycles. The van der Waals surface area contributed by atoms with E-state index in [4.69, 9.17) is 0 Å². The molecule has 22 heavy (non-hydrogen) atoms. The Hall–Kier alpha value is -1.18. The Kier molecular flexibility index (Phi) is 3.91. The minimum atomic E-state index is -3.23. The van der Waals surface area contributed by atoms with Crippen LogP contribution in [-0.4, -0.2) is 21.5 Å². The van der Waals surface area contributed by atoms with Crippen molar-refractivity contribution in [1.82, 2.24) is 0 Å². The van der Waals surface area contributed by atoms with Crippen LogP contribution in [0.25, 0.3) is 10.4 Å². The molecular weight excluding hydrogens is 333 g/mol. The SMILES string of the molecule is CS(=O)c1sc(-c2cccc(F)c2)c2c1C(O)C(F)(F)CC2. The van der Waals surface area contributed by atoms with E-state index in [2.05, 4.69) is 0 Å². The lowest BCUT2D eigenvalue weighted by molar-refractivity contribution is -0.122. The molecule has 0 fully saturated rings. The van der Waals surface area contributed by atoms with E-state index in [0.29, 0.717) is 16.0 Å². The minimum absolute atomic E-state index is 0.0568. The fourth-order valence-electron chi connectivity index (χ4n) is 2.70. The number of hydrogen-bond acceptors (Lipinski definition) is 3. The molecule has 1 aromatic carbocycles. The summed E-state index contributed by atoms with van der Waals surface area (Å²) in [5.74, 6) is -3.66. The molecule has 1 heterocycles. The molecule has 0 saturated carbocycles. The highest BCUT2D eigenvalue weighted by molar-refractivity contribution is 7.86. The van der Waals surface area contributed by atoms with Gasteiger partial charge < -0.3 is 5.11 Å². The normalized spacial score (nSPS) is 21.4. The fourth-order valence-corrected chi connectivity index (χ4v) is 5.07. The first-order chi connectivity index (χ1) is 10.3. The van der Waals surface area contributed by atoms with Crippen molar-refractivity contribution in [3.05, 3.63) is 41.2 Å². The van der Waals surface area contributed by atoms with Crippen LogP contribution in [0.15, 0.2) is 28.5 Å². The molecule has 3 rings (SSSR count). The first-order valence-corrected chi connectivity index (χ1v) is 8.99. The average molecular weight is 346 g/mol. The maximum Gasteiger partial charge on any atom is 0.277 e. The lowest BCUT2D eigenvalue weighted by Gasteiger charge is -2.29. The van der Waals surface area contributed by atoms with Crippen LogP contribution in [0.1, 0.15) is 23.7 Å². The van der Waals surface area contributed by atoms with E-state index in [-0.39, 0.29) is 16.2 Å². The largest absolute Gasteiger partial charge is 0.382 e. The Morgan fingerprint density at radius 1 is 1.41 bits per heavy atom. The maximum atomic E-state index is 13.8. The molecule has 2 atom stereocenters. The third-order valence-corrected chi connectivity index (χ3v) is 6.53. The van der Waals surface area contributed by atoms with Gasteiger partial charge in [0.25, 0.3) is 5.92 Å². The number of alkyl halides is 2. The number of halogens is 3. The number of hydrogen-bond donors (Lipinski definition) is 1. The molecule has 2 unspecified atom stereocenters. The van der Waals surface area contributed by atoms with Gasteiger partial charge in [-0.2, -0.15) is 0 Å². The molecule has 118 valence electrons. The van der Waals surface area contributed by atoms with Gasteiger partial charge in [0.05, 0.1) is 15.0 Å². The van der Waals surface area contributed by atoms with E-state index < -0.39 is 35.1 Å². The van der Waals surface area contributed by atoms with E-state index >= 15 is 0 Å². The summed E-state index contributed by atoms with van der Waals surface area (Å²) in [5.41, 5.74) is 1.16. The van der Waals surface area contributed by atoms with Crippen molar-refractivity contribution in [2.45, 2.75) is 29.1 Å². The second kappa shape index (κ2) is 5.47. The van der Waals surface area contributed by atoms with Crippen molar-refractivity contribution in [1.29, 1.82) is 0 Å². The first-order valence-electron chi connectivity index (χ1n) is 6.62. The molecule has 2 aromatic rings. The zero-order chi connectivity index (χ0) is 16.1. The van der Waals surface area contributed by atoms with E-state index in [1.54, 1.807) is 6.07 Å². The summed E-state index contributed by atoms with van der Waals surface area (Å²) in [7, 11) is -1.50. The number of benzene rings is 1. The van der Waals surface area contributed by atoms with Crippen molar-refractivity contribution in [2.24, 2.45) is 0 Å². The van der Waals surface area contributed by atoms with Gasteiger partial charge in [-0.3, -0.25) is 4.21 Å². The molecule has 1 aliphatic rings. The van der Waals surface area contributed by atoms with Gasteiger partial charge in [-0.05, 0) is 29.7 Å². The molecule has 7 heteroatoms. The third-order valence-electron chi connectivity index (χ3n) is 3.74. The summed E-state index contributed by atoms with van der Waals surface area (Å²) in [4.78, 5) is 0.606. The van der Waals surface area contributed by atoms with Gasteiger partial charge in [-0.15, -0.1) is 11.3 Å². The Balaban J connectivity index is 2.23. The molecule has 0 saturated heterocycles. The van der Waals surface area contributed by atoms with Crippen molar-refractivity contribution >= 4 is 22.1 Å². The zero-order valence-electron chi connectivity index (χ0n) is 11.6. The molecule has 0 bridgehead atoms. The summed E-state index contributed by atoms with van der Waals surface area (Å²) in [6, 6.07) is 5.82. The highest BCUT2D eigenvalue weighted by Gasteiger charge is 2.46. The van der Waals surface area contributed by atoms with Gasteiger partial charge >= 0.3 is 0 Å². The second-order valence-electron chi connectivity index (χ2n) is 5.24. The molecule has 1 N–H and O–H groups in total. The lowest BCUT2D eigenvalue weighted by Crippen LogP contribution is -2.31. The second-order valence-corrected chi connectivity index (χ2v) is 7.83. The predicted octanol–water partition coefficient (Wildman–Crippen LogP) is 3.91. The summed E-state index contributed by atoms with van der Waals surface area (Å²) in [5, 5.41) is 9.98. The maximum absolute atomic E-state index is 13.8. The molecule has 0 amide bonds. The van der Waals surface area contributed by atoms with E-state index in [9.17, 15) is 22.5 Å². The number of fused-ring (bicyclic) bond motifs is 1. The number of aliphatic hydroxyl groups is 1. The Bertz CT molecular complexity index is 755. The Morgan fingerprint density at radius 2 is 2.14 bits per heavy atom. The van der Waals surface area contributed by atoms with Crippen molar-refractivity contribution < 1.29 is 22.5 Å². The van der Waals surface area contributed by atoms with Crippen molar-refractivity contribution in [2.75, 3.05) is 6.26 Å². The predicted molar refractivity (Wildman–Crippen MR) is 80.3 cm³/mol. The molecule has 0 aliphatic heterocycles. The average Bonchev–Trinajstić information content (AvgIpc) is 2.83. The summed E-state index contributed by atoms with van der Waals surface area (Å²) in [6.07, 6.45) is -0.982. The van der Waals surface area contributed by atoms with Gasteiger partial charge in [0.1, 0.15) is 11.9 Å².